The topological polar surface area (TPSA) is 47.3 Å². The van der Waals surface area contributed by atoms with E-state index in [0.717, 1.165) is 6.61 Å². The maximum Gasteiger partial charge on any atom is 0.0804 e. The van der Waals surface area contributed by atoms with Crippen LogP contribution in [0.2, 0.25) is 0 Å². The second kappa shape index (κ2) is 5.49. The van der Waals surface area contributed by atoms with E-state index < -0.39 is 0 Å². The molecule has 0 saturated heterocycles. The van der Waals surface area contributed by atoms with Crippen molar-refractivity contribution in [2.24, 2.45) is 11.8 Å². The summed E-state index contributed by atoms with van der Waals surface area (Å²) in [5.74, 6) is 6.24. The molecule has 0 aliphatic heterocycles. The van der Waals surface area contributed by atoms with Gasteiger partial charge in [0.2, 0.25) is 0 Å². The zero-order valence-corrected chi connectivity index (χ0v) is 9.42. The van der Waals surface area contributed by atoms with Gasteiger partial charge in [0, 0.05) is 6.61 Å². The number of allylic oxidation sites excluding steroid dienone is 1. The molecule has 1 saturated carbocycles. The van der Waals surface area contributed by atoms with Crippen molar-refractivity contribution in [3.63, 3.8) is 0 Å². The van der Waals surface area contributed by atoms with Crippen LogP contribution in [0.1, 0.15) is 33.6 Å². The first-order chi connectivity index (χ1) is 6.69. The Morgan fingerprint density at radius 2 is 2.21 bits per heavy atom. The van der Waals surface area contributed by atoms with Crippen molar-refractivity contribution in [1.29, 1.82) is 0 Å². The van der Waals surface area contributed by atoms with E-state index in [1.165, 1.54) is 18.4 Å². The molecule has 2 unspecified atom stereocenters. The largest absolute Gasteiger partial charge is 0.376 e. The van der Waals surface area contributed by atoms with E-state index in [1.807, 2.05) is 6.92 Å². The first kappa shape index (κ1) is 11.7. The molecule has 0 aromatic rings. The molecule has 0 amide bonds. The van der Waals surface area contributed by atoms with Gasteiger partial charge in [0.25, 0.3) is 0 Å². The van der Waals surface area contributed by atoms with Crippen LogP contribution in [0, 0.1) is 5.92 Å². The van der Waals surface area contributed by atoms with Crippen LogP contribution in [0.3, 0.4) is 0 Å². The standard InChI is InChI=1S/C11H22N2O/c1-4-14-11(9-5-6-9)10(13-12)7-8(2)3/h7,9-11,13H,4-6,12H2,1-3H3. The molecular formula is C11H22N2O. The Kier molecular flexibility index (Phi) is 4.58. The number of nitrogens with one attached hydrogen (secondary N) is 1. The molecule has 0 heterocycles. The van der Waals surface area contributed by atoms with E-state index in [0.29, 0.717) is 5.92 Å². The quantitative estimate of drug-likeness (QED) is 0.387. The highest BCUT2D eigenvalue weighted by atomic mass is 16.5. The molecule has 1 fully saturated rings. The van der Waals surface area contributed by atoms with Gasteiger partial charge in [0.05, 0.1) is 12.1 Å². The highest BCUT2D eigenvalue weighted by Gasteiger charge is 2.35. The molecule has 1 rings (SSSR count). The number of nitrogens with two attached hydrogens (primary N) is 1. The van der Waals surface area contributed by atoms with Gasteiger partial charge in [-0.3, -0.25) is 11.3 Å². The van der Waals surface area contributed by atoms with Gasteiger partial charge in [-0.2, -0.15) is 0 Å². The number of hydrogen-bond donors (Lipinski definition) is 2. The monoisotopic (exact) mass is 198 g/mol. The molecule has 82 valence electrons. The molecule has 3 nitrogen and oxygen atoms in total. The van der Waals surface area contributed by atoms with E-state index >= 15 is 0 Å². The zero-order chi connectivity index (χ0) is 10.6. The van der Waals surface area contributed by atoms with E-state index in [9.17, 15) is 0 Å². The Labute approximate surface area is 86.7 Å². The van der Waals surface area contributed by atoms with Gasteiger partial charge in [-0.1, -0.05) is 11.6 Å². The fourth-order valence-corrected chi connectivity index (χ4v) is 1.75. The summed E-state index contributed by atoms with van der Waals surface area (Å²) in [6.07, 6.45) is 4.96. The Balaban J connectivity index is 2.57. The number of ether oxygens (including phenoxy) is 1. The lowest BCUT2D eigenvalue weighted by Gasteiger charge is -2.24. The van der Waals surface area contributed by atoms with Crippen molar-refractivity contribution in [3.8, 4) is 0 Å². The minimum atomic E-state index is 0.160. The predicted molar refractivity (Wildman–Crippen MR) is 58.7 cm³/mol. The average Bonchev–Trinajstić information content (AvgIpc) is 2.93. The average molecular weight is 198 g/mol. The minimum absolute atomic E-state index is 0.160. The van der Waals surface area contributed by atoms with Gasteiger partial charge < -0.3 is 4.74 Å². The predicted octanol–water partition coefficient (Wildman–Crippen LogP) is 1.60. The Morgan fingerprint density at radius 3 is 2.57 bits per heavy atom. The first-order valence-corrected chi connectivity index (χ1v) is 5.41. The smallest absolute Gasteiger partial charge is 0.0804 e. The van der Waals surface area contributed by atoms with Crippen LogP contribution in [-0.4, -0.2) is 18.8 Å². The number of hydrazine groups is 1. The SMILES string of the molecule is CCOC(C1CC1)C(C=C(C)C)NN. The van der Waals surface area contributed by atoms with Gasteiger partial charge >= 0.3 is 0 Å². The number of hydrogen-bond acceptors (Lipinski definition) is 3. The van der Waals surface area contributed by atoms with E-state index in [1.54, 1.807) is 0 Å². The van der Waals surface area contributed by atoms with Gasteiger partial charge in [-0.25, -0.2) is 0 Å². The second-order valence-electron chi connectivity index (χ2n) is 4.19. The molecule has 3 heteroatoms. The molecule has 0 spiro atoms. The Hall–Kier alpha value is -0.380. The van der Waals surface area contributed by atoms with Gasteiger partial charge in [-0.15, -0.1) is 0 Å². The third kappa shape index (κ3) is 3.40. The fraction of sp³-hybridized carbons (Fsp3) is 0.818. The van der Waals surface area contributed by atoms with Crippen LogP contribution < -0.4 is 11.3 Å². The summed E-state index contributed by atoms with van der Waals surface area (Å²) in [5, 5.41) is 0. The summed E-state index contributed by atoms with van der Waals surface area (Å²) >= 11 is 0. The molecule has 2 atom stereocenters. The van der Waals surface area contributed by atoms with Crippen LogP contribution in [0.4, 0.5) is 0 Å². The minimum Gasteiger partial charge on any atom is -0.376 e. The summed E-state index contributed by atoms with van der Waals surface area (Å²) in [6, 6.07) is 0.160. The molecule has 0 radical (unpaired) electrons. The summed E-state index contributed by atoms with van der Waals surface area (Å²) < 4.78 is 5.73. The third-order valence-corrected chi connectivity index (χ3v) is 2.51. The van der Waals surface area contributed by atoms with Crippen LogP contribution >= 0.6 is 0 Å². The van der Waals surface area contributed by atoms with Crippen molar-refractivity contribution in [2.75, 3.05) is 6.61 Å². The summed E-state index contributed by atoms with van der Waals surface area (Å²) in [4.78, 5) is 0. The lowest BCUT2D eigenvalue weighted by molar-refractivity contribution is 0.0303. The molecule has 1 aliphatic rings. The molecule has 3 N–H and O–H groups in total. The zero-order valence-electron chi connectivity index (χ0n) is 9.42. The molecule has 1 aliphatic carbocycles. The lowest BCUT2D eigenvalue weighted by Crippen LogP contribution is -2.45. The van der Waals surface area contributed by atoms with Gasteiger partial charge in [0.1, 0.15) is 0 Å². The van der Waals surface area contributed by atoms with Crippen molar-refractivity contribution < 1.29 is 4.74 Å². The Bertz CT molecular complexity index is 195. The maximum absolute atomic E-state index is 5.73. The maximum atomic E-state index is 5.73. The van der Waals surface area contributed by atoms with Crippen LogP contribution in [-0.2, 0) is 4.74 Å². The van der Waals surface area contributed by atoms with E-state index in [4.69, 9.17) is 10.6 Å². The van der Waals surface area contributed by atoms with Gasteiger partial charge in [0.15, 0.2) is 0 Å². The lowest BCUT2D eigenvalue weighted by atomic mass is 10.0. The summed E-state index contributed by atoms with van der Waals surface area (Å²) in [7, 11) is 0. The van der Waals surface area contributed by atoms with Gasteiger partial charge in [-0.05, 0) is 39.5 Å². The number of rotatable bonds is 6. The van der Waals surface area contributed by atoms with Crippen molar-refractivity contribution in [3.05, 3.63) is 11.6 Å². The van der Waals surface area contributed by atoms with Crippen LogP contribution in [0.5, 0.6) is 0 Å². The second-order valence-corrected chi connectivity index (χ2v) is 4.19. The summed E-state index contributed by atoms with van der Waals surface area (Å²) in [5.41, 5.74) is 4.11. The summed E-state index contributed by atoms with van der Waals surface area (Å²) in [6.45, 7) is 6.96. The normalized spacial score (nSPS) is 20.3. The third-order valence-electron chi connectivity index (χ3n) is 2.51. The molecule has 0 aromatic heterocycles. The highest BCUT2D eigenvalue weighted by Crippen LogP contribution is 2.36. The highest BCUT2D eigenvalue weighted by molar-refractivity contribution is 5.06. The Morgan fingerprint density at radius 1 is 1.57 bits per heavy atom. The molecule has 0 aromatic carbocycles. The van der Waals surface area contributed by atoms with E-state index in [2.05, 4.69) is 25.3 Å². The van der Waals surface area contributed by atoms with E-state index in [-0.39, 0.29) is 12.1 Å². The van der Waals surface area contributed by atoms with Crippen molar-refractivity contribution in [1.82, 2.24) is 5.43 Å². The van der Waals surface area contributed by atoms with Crippen LogP contribution in [0.15, 0.2) is 11.6 Å². The van der Waals surface area contributed by atoms with Crippen LogP contribution in [0.25, 0.3) is 0 Å². The molecule has 14 heavy (non-hydrogen) atoms. The molecular weight excluding hydrogens is 176 g/mol. The fourth-order valence-electron chi connectivity index (χ4n) is 1.75. The molecule has 0 bridgehead atoms. The van der Waals surface area contributed by atoms with Crippen molar-refractivity contribution >= 4 is 0 Å². The van der Waals surface area contributed by atoms with Crippen molar-refractivity contribution in [2.45, 2.75) is 45.8 Å². The first-order valence-electron chi connectivity index (χ1n) is 5.41.